The fourth-order valence-corrected chi connectivity index (χ4v) is 2.35. The van der Waals surface area contributed by atoms with E-state index in [4.69, 9.17) is 0 Å². The molecule has 0 amide bonds. The van der Waals surface area contributed by atoms with Crippen LogP contribution in [-0.2, 0) is 6.54 Å². The molecular weight excluding hydrogens is 200 g/mol. The van der Waals surface area contributed by atoms with Crippen LogP contribution in [0.2, 0.25) is 0 Å². The summed E-state index contributed by atoms with van der Waals surface area (Å²) in [5.41, 5.74) is 1.31. The average Bonchev–Trinajstić information content (AvgIpc) is 2.33. The lowest BCUT2D eigenvalue weighted by Gasteiger charge is -2.37. The first-order valence-corrected chi connectivity index (χ1v) is 6.03. The number of aliphatic hydroxyl groups is 1. The number of aromatic nitrogens is 1. The molecule has 0 radical (unpaired) electrons. The van der Waals surface area contributed by atoms with E-state index in [2.05, 4.69) is 28.9 Å². The first kappa shape index (κ1) is 11.6. The van der Waals surface area contributed by atoms with Crippen molar-refractivity contribution in [1.82, 2.24) is 9.88 Å². The van der Waals surface area contributed by atoms with Gasteiger partial charge in [0, 0.05) is 38.1 Å². The lowest BCUT2D eigenvalue weighted by molar-refractivity contribution is 0.0771. The number of rotatable bonds is 3. The molecule has 2 atom stereocenters. The van der Waals surface area contributed by atoms with Gasteiger partial charge in [-0.15, -0.1) is 0 Å². The zero-order valence-electron chi connectivity index (χ0n) is 9.84. The van der Waals surface area contributed by atoms with Gasteiger partial charge in [-0.2, -0.15) is 0 Å². The van der Waals surface area contributed by atoms with E-state index in [-0.39, 0.29) is 0 Å². The largest absolute Gasteiger partial charge is 0.396 e. The molecule has 3 nitrogen and oxygen atoms in total. The van der Waals surface area contributed by atoms with Crippen LogP contribution >= 0.6 is 0 Å². The van der Waals surface area contributed by atoms with Gasteiger partial charge in [0.15, 0.2) is 0 Å². The maximum absolute atomic E-state index is 9.22. The molecule has 1 N–H and O–H groups in total. The van der Waals surface area contributed by atoms with Crippen molar-refractivity contribution < 1.29 is 5.11 Å². The van der Waals surface area contributed by atoms with E-state index in [1.807, 2.05) is 12.4 Å². The maximum atomic E-state index is 9.22. The Kier molecular flexibility index (Phi) is 3.91. The summed E-state index contributed by atoms with van der Waals surface area (Å²) in [6.45, 7) is 4.58. The van der Waals surface area contributed by atoms with Crippen LogP contribution in [-0.4, -0.2) is 34.2 Å². The zero-order chi connectivity index (χ0) is 11.4. The van der Waals surface area contributed by atoms with Gasteiger partial charge in [-0.05, 0) is 43.4 Å². The highest BCUT2D eigenvalue weighted by Gasteiger charge is 2.24. The van der Waals surface area contributed by atoms with Crippen molar-refractivity contribution in [2.75, 3.05) is 13.2 Å². The second kappa shape index (κ2) is 5.41. The Morgan fingerprint density at radius 3 is 2.81 bits per heavy atom. The number of piperidine rings is 1. The van der Waals surface area contributed by atoms with Crippen LogP contribution in [0.3, 0.4) is 0 Å². The van der Waals surface area contributed by atoms with Crippen molar-refractivity contribution in [3.05, 3.63) is 30.1 Å². The topological polar surface area (TPSA) is 36.4 Å². The number of hydrogen-bond acceptors (Lipinski definition) is 3. The molecular formula is C13H20N2O. The molecule has 16 heavy (non-hydrogen) atoms. The van der Waals surface area contributed by atoms with Gasteiger partial charge >= 0.3 is 0 Å². The van der Waals surface area contributed by atoms with E-state index in [0.29, 0.717) is 18.6 Å². The van der Waals surface area contributed by atoms with E-state index < -0.39 is 0 Å². The molecule has 1 saturated heterocycles. The van der Waals surface area contributed by atoms with Crippen molar-refractivity contribution in [1.29, 1.82) is 0 Å². The van der Waals surface area contributed by atoms with Crippen molar-refractivity contribution in [2.24, 2.45) is 5.92 Å². The Balaban J connectivity index is 1.97. The molecule has 2 unspecified atom stereocenters. The molecule has 0 aliphatic carbocycles. The monoisotopic (exact) mass is 220 g/mol. The minimum absolute atomic E-state index is 0.319. The van der Waals surface area contributed by atoms with E-state index in [1.165, 1.54) is 12.0 Å². The third-order valence-electron chi connectivity index (χ3n) is 3.50. The molecule has 2 heterocycles. The molecule has 0 spiro atoms. The number of hydrogen-bond donors (Lipinski definition) is 1. The van der Waals surface area contributed by atoms with Crippen LogP contribution in [0.1, 0.15) is 25.3 Å². The van der Waals surface area contributed by atoms with Crippen LogP contribution in [0, 0.1) is 5.92 Å². The van der Waals surface area contributed by atoms with E-state index in [9.17, 15) is 5.11 Å². The van der Waals surface area contributed by atoms with Gasteiger partial charge < -0.3 is 5.11 Å². The molecule has 88 valence electrons. The van der Waals surface area contributed by atoms with Gasteiger partial charge in [-0.3, -0.25) is 9.88 Å². The number of aliphatic hydroxyl groups excluding tert-OH is 1. The average molecular weight is 220 g/mol. The molecule has 1 aromatic rings. The van der Waals surface area contributed by atoms with Crippen LogP contribution in [0.4, 0.5) is 0 Å². The molecule has 0 aromatic carbocycles. The van der Waals surface area contributed by atoms with Gasteiger partial charge in [0.2, 0.25) is 0 Å². The minimum Gasteiger partial charge on any atom is -0.396 e. The van der Waals surface area contributed by atoms with Gasteiger partial charge in [-0.1, -0.05) is 0 Å². The molecule has 2 rings (SSSR count). The molecule has 1 aromatic heterocycles. The standard InChI is InChI=1S/C13H20N2O/c1-11-2-3-13(10-16)9-15(11)8-12-4-6-14-7-5-12/h4-7,11,13,16H,2-3,8-10H2,1H3. The number of likely N-dealkylation sites (tertiary alicyclic amines) is 1. The van der Waals surface area contributed by atoms with Crippen LogP contribution in [0.15, 0.2) is 24.5 Å². The van der Waals surface area contributed by atoms with Crippen molar-refractivity contribution in [3.8, 4) is 0 Å². The van der Waals surface area contributed by atoms with Crippen molar-refractivity contribution >= 4 is 0 Å². The second-order valence-electron chi connectivity index (χ2n) is 4.76. The van der Waals surface area contributed by atoms with E-state index >= 15 is 0 Å². The van der Waals surface area contributed by atoms with Crippen molar-refractivity contribution in [2.45, 2.75) is 32.4 Å². The summed E-state index contributed by atoms with van der Waals surface area (Å²) < 4.78 is 0. The van der Waals surface area contributed by atoms with Crippen LogP contribution in [0.25, 0.3) is 0 Å². The Bertz CT molecular complexity index is 315. The summed E-state index contributed by atoms with van der Waals surface area (Å²) in [7, 11) is 0. The highest BCUT2D eigenvalue weighted by atomic mass is 16.3. The Labute approximate surface area is 97.1 Å². The molecule has 0 bridgehead atoms. The summed E-state index contributed by atoms with van der Waals surface area (Å²) >= 11 is 0. The van der Waals surface area contributed by atoms with Gasteiger partial charge in [-0.25, -0.2) is 0 Å². The summed E-state index contributed by atoms with van der Waals surface area (Å²) in [5.74, 6) is 0.457. The predicted molar refractivity (Wildman–Crippen MR) is 63.9 cm³/mol. The third kappa shape index (κ3) is 2.80. The van der Waals surface area contributed by atoms with Gasteiger partial charge in [0.25, 0.3) is 0 Å². The lowest BCUT2D eigenvalue weighted by Crippen LogP contribution is -2.42. The smallest absolute Gasteiger partial charge is 0.0471 e. The van der Waals surface area contributed by atoms with E-state index in [1.54, 1.807) is 0 Å². The Hall–Kier alpha value is -0.930. The zero-order valence-corrected chi connectivity index (χ0v) is 9.84. The molecule has 0 saturated carbocycles. The molecule has 1 fully saturated rings. The number of pyridine rings is 1. The summed E-state index contributed by atoms with van der Waals surface area (Å²) in [4.78, 5) is 6.49. The third-order valence-corrected chi connectivity index (χ3v) is 3.50. The number of nitrogens with zero attached hydrogens (tertiary/aromatic N) is 2. The van der Waals surface area contributed by atoms with Crippen molar-refractivity contribution in [3.63, 3.8) is 0 Å². The summed E-state index contributed by atoms with van der Waals surface area (Å²) in [5, 5.41) is 9.22. The second-order valence-corrected chi connectivity index (χ2v) is 4.76. The SMILES string of the molecule is CC1CCC(CO)CN1Cc1ccncc1. The Morgan fingerprint density at radius 1 is 1.38 bits per heavy atom. The van der Waals surface area contributed by atoms with E-state index in [0.717, 1.165) is 19.5 Å². The lowest BCUT2D eigenvalue weighted by atomic mass is 9.94. The fourth-order valence-electron chi connectivity index (χ4n) is 2.35. The fraction of sp³-hybridized carbons (Fsp3) is 0.615. The van der Waals surface area contributed by atoms with Crippen LogP contribution < -0.4 is 0 Å². The van der Waals surface area contributed by atoms with Gasteiger partial charge in [0.05, 0.1) is 0 Å². The highest BCUT2D eigenvalue weighted by molar-refractivity contribution is 5.09. The normalized spacial score (nSPS) is 26.9. The quantitative estimate of drug-likeness (QED) is 0.842. The predicted octanol–water partition coefficient (Wildman–Crippen LogP) is 1.67. The highest BCUT2D eigenvalue weighted by Crippen LogP contribution is 2.23. The van der Waals surface area contributed by atoms with Crippen LogP contribution in [0.5, 0.6) is 0 Å². The first-order chi connectivity index (χ1) is 7.79. The molecule has 1 aliphatic heterocycles. The first-order valence-electron chi connectivity index (χ1n) is 6.03. The molecule has 1 aliphatic rings. The summed E-state index contributed by atoms with van der Waals surface area (Å²) in [6.07, 6.45) is 6.03. The molecule has 3 heteroatoms. The Morgan fingerprint density at radius 2 is 2.12 bits per heavy atom. The summed E-state index contributed by atoms with van der Waals surface area (Å²) in [6, 6.07) is 4.75. The minimum atomic E-state index is 0.319. The van der Waals surface area contributed by atoms with Gasteiger partial charge in [0.1, 0.15) is 0 Å². The maximum Gasteiger partial charge on any atom is 0.0471 e.